The summed E-state index contributed by atoms with van der Waals surface area (Å²) < 4.78 is 57.3. The number of fused-ring (bicyclic) bond motifs is 2. The Kier molecular flexibility index (Phi) is 20.5. The number of sulfonamides is 1. The molecule has 8 rings (SSSR count). The van der Waals surface area contributed by atoms with E-state index < -0.39 is 22.0 Å². The molecule has 2 aliphatic heterocycles. The van der Waals surface area contributed by atoms with Gasteiger partial charge in [0, 0.05) is 88.7 Å². The van der Waals surface area contributed by atoms with Gasteiger partial charge >= 0.3 is 5.69 Å². The van der Waals surface area contributed by atoms with Crippen molar-refractivity contribution in [1.82, 2.24) is 38.2 Å². The third-order valence-electron chi connectivity index (χ3n) is 13.7. The van der Waals surface area contributed by atoms with Crippen LogP contribution in [0.1, 0.15) is 82.4 Å². The van der Waals surface area contributed by atoms with Gasteiger partial charge in [0.25, 0.3) is 6.47 Å². The van der Waals surface area contributed by atoms with Crippen molar-refractivity contribution in [2.75, 3.05) is 97.4 Å². The predicted octanol–water partition coefficient (Wildman–Crippen LogP) is 4.12. The number of amides is 2. The lowest BCUT2D eigenvalue weighted by Crippen LogP contribution is -2.49. The molecule has 398 valence electrons. The molecule has 3 fully saturated rings. The average Bonchev–Trinajstić information content (AvgIpc) is 3.89. The quantitative estimate of drug-likeness (QED) is 0.0365. The predicted molar refractivity (Wildman–Crippen MR) is 274 cm³/mol. The molecule has 4 N–H and O–H groups in total. The van der Waals surface area contributed by atoms with E-state index in [-0.39, 0.29) is 41.5 Å². The van der Waals surface area contributed by atoms with Crippen LogP contribution in [0.2, 0.25) is 0 Å². The zero-order valence-corrected chi connectivity index (χ0v) is 42.8. The fourth-order valence-corrected chi connectivity index (χ4v) is 11.2. The lowest BCUT2D eigenvalue weighted by atomic mass is 9.93. The first-order valence-electron chi connectivity index (χ1n) is 25.5. The van der Waals surface area contributed by atoms with Gasteiger partial charge < -0.3 is 39.0 Å². The molecule has 2 saturated heterocycles. The van der Waals surface area contributed by atoms with Crippen molar-refractivity contribution in [3.8, 4) is 11.1 Å². The number of hydrogen-bond acceptors (Lipinski definition) is 15. The van der Waals surface area contributed by atoms with Gasteiger partial charge in [-0.2, -0.15) is 9.29 Å². The zero-order chi connectivity index (χ0) is 51.7. The Hall–Kier alpha value is -5.59. The Morgan fingerprint density at radius 3 is 2.16 bits per heavy atom. The van der Waals surface area contributed by atoms with Gasteiger partial charge in [-0.15, -0.1) is 0 Å². The minimum atomic E-state index is -3.68. The minimum Gasteiger partial charge on any atom is -0.483 e. The van der Waals surface area contributed by atoms with E-state index in [0.29, 0.717) is 110 Å². The molecule has 5 aromatic rings. The topological polar surface area (TPSA) is 251 Å². The second-order valence-electron chi connectivity index (χ2n) is 18.5. The van der Waals surface area contributed by atoms with Crippen LogP contribution in [0, 0.1) is 0 Å². The van der Waals surface area contributed by atoms with E-state index in [9.17, 15) is 27.9 Å². The van der Waals surface area contributed by atoms with Gasteiger partial charge in [-0.3, -0.25) is 33.7 Å². The maximum absolute atomic E-state index is 13.8. The number of aromatic nitrogens is 5. The summed E-state index contributed by atoms with van der Waals surface area (Å²) in [6, 6.07) is 12.4. The van der Waals surface area contributed by atoms with Crippen molar-refractivity contribution in [2.24, 2.45) is 7.05 Å². The standard InChI is InChI=1S/C50H69N9O10S.CH2O2/c1-3-4-20-51-49-52-34-41-42(35-58(47(41)54-49)38-12-14-39(60)15-13-38)36-10-16-40(17-11-36)70(64,65)57-23-21-56(22-24-57)25-27-67-29-31-69-33-32-68-30-28-66-26-6-8-37-7-5-9-43-46(37)55(2)50(63)59(43)44-18-19-45(61)53-48(44)62;2-1-3/h5,7,9-11,16-17,34-35,38-39,44,60H,3-4,6,8,12-15,18-33H2,1-2H3,(H,51,52,54)(H,53,61,62);1H,(H,2,3). The Bertz CT molecular complexity index is 2760. The molecule has 1 saturated carbocycles. The first-order valence-corrected chi connectivity index (χ1v) is 26.9. The molecule has 1 aliphatic carbocycles. The number of carboxylic acid groups (broad SMARTS) is 1. The summed E-state index contributed by atoms with van der Waals surface area (Å²) in [6.07, 6.45) is 11.0. The number of anilines is 1. The molecule has 5 heterocycles. The van der Waals surface area contributed by atoms with Gasteiger partial charge in [0.15, 0.2) is 0 Å². The number of carbonyl (C=O) groups is 3. The van der Waals surface area contributed by atoms with Crippen molar-refractivity contribution in [1.29, 1.82) is 0 Å². The second-order valence-corrected chi connectivity index (χ2v) is 20.5. The van der Waals surface area contributed by atoms with Crippen LogP contribution in [-0.2, 0) is 56.8 Å². The summed E-state index contributed by atoms with van der Waals surface area (Å²) in [5.74, 6) is -0.168. The first kappa shape index (κ1) is 55.2. The highest BCUT2D eigenvalue weighted by Crippen LogP contribution is 2.37. The number of para-hydroxylation sites is 1. The van der Waals surface area contributed by atoms with Crippen LogP contribution in [0.25, 0.3) is 33.2 Å². The van der Waals surface area contributed by atoms with Crippen LogP contribution in [0.3, 0.4) is 0 Å². The van der Waals surface area contributed by atoms with Crippen LogP contribution >= 0.6 is 0 Å². The number of carbonyl (C=O) groups excluding carboxylic acids is 2. The number of aliphatic hydroxyl groups is 1. The third kappa shape index (κ3) is 14.2. The van der Waals surface area contributed by atoms with Gasteiger partial charge in [0.1, 0.15) is 11.7 Å². The zero-order valence-electron chi connectivity index (χ0n) is 42.0. The molecule has 0 radical (unpaired) electrons. The van der Waals surface area contributed by atoms with E-state index in [1.807, 2.05) is 36.5 Å². The lowest BCUT2D eigenvalue weighted by Gasteiger charge is -2.33. The number of ether oxygens (including phenoxy) is 4. The second kappa shape index (κ2) is 27.1. The van der Waals surface area contributed by atoms with E-state index in [1.165, 1.54) is 4.57 Å². The SMILES string of the molecule is CCCCNc1ncc2c(-c3ccc(S(=O)(=O)N4CCN(CCOCCOCCOCCOCCCc5cccc6c5n(C)c(=O)n6C5CCC(=O)NC5=O)CC4)cc3)cn(C3CCC(O)CC3)c2n1.O=CO. The number of unbranched alkanes of at least 4 members (excludes halogenated alkanes) is 1. The molecule has 0 spiro atoms. The molecule has 1 atom stereocenters. The molecule has 21 nitrogen and oxygen atoms in total. The molecule has 3 aromatic heterocycles. The van der Waals surface area contributed by atoms with Crippen LogP contribution in [0.5, 0.6) is 0 Å². The van der Waals surface area contributed by atoms with E-state index in [2.05, 4.69) is 38.2 Å². The monoisotopic (exact) mass is 1030 g/mol. The fraction of sp³-hybridized carbons (Fsp3) is 0.569. The summed E-state index contributed by atoms with van der Waals surface area (Å²) in [4.78, 5) is 57.8. The number of benzene rings is 2. The van der Waals surface area contributed by atoms with Crippen LogP contribution < -0.4 is 16.3 Å². The Morgan fingerprint density at radius 2 is 1.51 bits per heavy atom. The number of imidazole rings is 1. The van der Waals surface area contributed by atoms with Gasteiger partial charge in [-0.1, -0.05) is 37.6 Å². The van der Waals surface area contributed by atoms with E-state index in [0.717, 1.165) is 84.7 Å². The Morgan fingerprint density at radius 1 is 0.849 bits per heavy atom. The van der Waals surface area contributed by atoms with Crippen LogP contribution in [0.15, 0.2) is 64.5 Å². The number of imide groups is 1. The number of aryl methyl sites for hydroxylation is 2. The maximum Gasteiger partial charge on any atom is 0.329 e. The van der Waals surface area contributed by atoms with Crippen LogP contribution in [-0.4, -0.2) is 168 Å². The summed E-state index contributed by atoms with van der Waals surface area (Å²) in [5, 5.41) is 23.7. The Balaban J connectivity index is 0.00000254. The summed E-state index contributed by atoms with van der Waals surface area (Å²) in [7, 11) is -1.97. The highest BCUT2D eigenvalue weighted by Gasteiger charge is 2.32. The summed E-state index contributed by atoms with van der Waals surface area (Å²) >= 11 is 0. The van der Waals surface area contributed by atoms with Gasteiger partial charge in [-0.25, -0.2) is 18.2 Å². The average molecular weight is 1030 g/mol. The van der Waals surface area contributed by atoms with E-state index in [1.54, 1.807) is 28.1 Å². The molecule has 2 aromatic carbocycles. The number of rotatable bonds is 25. The number of hydrogen-bond donors (Lipinski definition) is 4. The number of piperazine rings is 1. The molecule has 2 amide bonds. The van der Waals surface area contributed by atoms with Gasteiger partial charge in [-0.05, 0) is 80.7 Å². The fourth-order valence-electron chi connectivity index (χ4n) is 9.76. The highest BCUT2D eigenvalue weighted by molar-refractivity contribution is 7.89. The van der Waals surface area contributed by atoms with Crippen molar-refractivity contribution < 1.29 is 52.0 Å². The Labute approximate surface area is 425 Å². The lowest BCUT2D eigenvalue weighted by molar-refractivity contribution is -0.135. The summed E-state index contributed by atoms with van der Waals surface area (Å²) in [6.45, 7) is 9.14. The smallest absolute Gasteiger partial charge is 0.329 e. The number of piperidine rings is 1. The number of nitrogens with zero attached hydrogens (tertiary/aromatic N) is 7. The normalized spacial score (nSPS) is 19.0. The molecule has 73 heavy (non-hydrogen) atoms. The molecule has 3 aliphatic rings. The van der Waals surface area contributed by atoms with Gasteiger partial charge in [0.2, 0.25) is 27.8 Å². The van der Waals surface area contributed by atoms with Crippen molar-refractivity contribution >= 4 is 56.3 Å². The van der Waals surface area contributed by atoms with Gasteiger partial charge in [0.05, 0.1) is 68.3 Å². The molecule has 0 bridgehead atoms. The molecular weight excluding hydrogens is 963 g/mol. The van der Waals surface area contributed by atoms with Crippen molar-refractivity contribution in [3.05, 3.63) is 70.9 Å². The number of aliphatic hydroxyl groups excluding tert-OH is 1. The first-order chi connectivity index (χ1) is 35.4. The highest BCUT2D eigenvalue weighted by atomic mass is 32.2. The molecule has 22 heteroatoms. The summed E-state index contributed by atoms with van der Waals surface area (Å²) in [5.41, 5.74) is 4.87. The molecular formula is C51H71N9O12S. The minimum absolute atomic E-state index is 0.198. The number of nitrogens with one attached hydrogen (secondary N) is 2. The maximum atomic E-state index is 13.8. The third-order valence-corrected chi connectivity index (χ3v) is 15.6. The van der Waals surface area contributed by atoms with Crippen LogP contribution in [0.4, 0.5) is 5.95 Å². The van der Waals surface area contributed by atoms with Crippen molar-refractivity contribution in [3.63, 3.8) is 0 Å². The molecule has 1 unspecified atom stereocenters. The van der Waals surface area contributed by atoms with E-state index in [4.69, 9.17) is 33.8 Å². The largest absolute Gasteiger partial charge is 0.483 e. The van der Waals surface area contributed by atoms with Crippen molar-refractivity contribution in [2.45, 2.75) is 94.2 Å². The van der Waals surface area contributed by atoms with E-state index >= 15 is 0 Å².